The first-order chi connectivity index (χ1) is 14.0. The maximum absolute atomic E-state index is 12.9. The molecule has 2 rings (SSSR count). The first-order valence-electron chi connectivity index (χ1n) is 9.47. The van der Waals surface area contributed by atoms with Crippen LogP contribution in [0.1, 0.15) is 18.1 Å². The molecule has 154 valence electrons. The first-order valence-corrected chi connectivity index (χ1v) is 9.47. The van der Waals surface area contributed by atoms with Crippen molar-refractivity contribution in [3.05, 3.63) is 71.8 Å². The van der Waals surface area contributed by atoms with Crippen molar-refractivity contribution in [3.63, 3.8) is 0 Å². The Bertz CT molecular complexity index is 803. The summed E-state index contributed by atoms with van der Waals surface area (Å²) in [6.07, 6.45) is 3.11. The minimum atomic E-state index is -0.649. The van der Waals surface area contributed by atoms with Crippen molar-refractivity contribution >= 4 is 17.9 Å². The van der Waals surface area contributed by atoms with Crippen LogP contribution in [0.2, 0.25) is 0 Å². The summed E-state index contributed by atoms with van der Waals surface area (Å²) >= 11 is 0. The lowest BCUT2D eigenvalue weighted by Gasteiger charge is -2.26. The normalized spacial score (nSPS) is 11.8. The number of amides is 2. The second-order valence-electron chi connectivity index (χ2n) is 6.57. The smallest absolute Gasteiger partial charge is 0.245 e. The molecule has 0 aliphatic carbocycles. The molecular weight excluding hydrogens is 368 g/mol. The number of benzene rings is 2. The lowest BCUT2D eigenvalue weighted by atomic mass is 10.2. The summed E-state index contributed by atoms with van der Waals surface area (Å²) in [6, 6.07) is 16.4. The van der Waals surface area contributed by atoms with Crippen LogP contribution in [0.5, 0.6) is 5.75 Å². The van der Waals surface area contributed by atoms with Gasteiger partial charge in [-0.05, 0) is 36.3 Å². The number of carbonyl (C=O) groups excluding carboxylic acids is 2. The average Bonchev–Trinajstić information content (AvgIpc) is 2.75. The number of nitrogens with zero attached hydrogens (tertiary/aromatic N) is 1. The second-order valence-corrected chi connectivity index (χ2v) is 6.57. The van der Waals surface area contributed by atoms with Gasteiger partial charge in [-0.15, -0.1) is 0 Å². The molecule has 0 aliphatic rings. The molecule has 1 N–H and O–H groups in total. The molecule has 1 atom stereocenters. The van der Waals surface area contributed by atoms with Gasteiger partial charge in [0.15, 0.2) is 0 Å². The van der Waals surface area contributed by atoms with E-state index in [0.717, 1.165) is 16.9 Å². The predicted molar refractivity (Wildman–Crippen MR) is 113 cm³/mol. The summed E-state index contributed by atoms with van der Waals surface area (Å²) in [5.41, 5.74) is 1.89. The number of hydrogen-bond donors (Lipinski definition) is 1. The molecular formula is C23H28N2O4. The zero-order chi connectivity index (χ0) is 21.1. The Morgan fingerprint density at radius 2 is 1.76 bits per heavy atom. The maximum atomic E-state index is 12.9. The summed E-state index contributed by atoms with van der Waals surface area (Å²) in [7, 11) is 3.20. The largest absolute Gasteiger partial charge is 0.497 e. The molecule has 6 nitrogen and oxygen atoms in total. The summed E-state index contributed by atoms with van der Waals surface area (Å²) in [4.78, 5) is 26.8. The summed E-state index contributed by atoms with van der Waals surface area (Å²) < 4.78 is 10.2. The number of nitrogens with one attached hydrogen (secondary N) is 1. The highest BCUT2D eigenvalue weighted by Crippen LogP contribution is 2.12. The van der Waals surface area contributed by atoms with Gasteiger partial charge in [0.05, 0.1) is 13.7 Å². The van der Waals surface area contributed by atoms with Crippen molar-refractivity contribution in [1.29, 1.82) is 0 Å². The monoisotopic (exact) mass is 396 g/mol. The molecule has 2 amide bonds. The maximum Gasteiger partial charge on any atom is 0.245 e. The van der Waals surface area contributed by atoms with Crippen LogP contribution in [0.3, 0.4) is 0 Å². The minimum absolute atomic E-state index is 0.155. The highest BCUT2D eigenvalue weighted by Gasteiger charge is 2.21. The molecule has 0 aromatic heterocycles. The van der Waals surface area contributed by atoms with Crippen molar-refractivity contribution < 1.29 is 19.1 Å². The molecule has 1 unspecified atom stereocenters. The van der Waals surface area contributed by atoms with E-state index in [1.54, 1.807) is 32.1 Å². The van der Waals surface area contributed by atoms with Gasteiger partial charge in [-0.25, -0.2) is 0 Å². The SMILES string of the molecule is COCCN(Cc1ccccc1)C(=O)C(C)NC(=O)/C=C/c1ccc(OC)cc1. The van der Waals surface area contributed by atoms with Gasteiger partial charge < -0.3 is 19.7 Å². The van der Waals surface area contributed by atoms with E-state index in [0.29, 0.717) is 19.7 Å². The lowest BCUT2D eigenvalue weighted by molar-refractivity contribution is -0.136. The fourth-order valence-electron chi connectivity index (χ4n) is 2.76. The minimum Gasteiger partial charge on any atom is -0.497 e. The van der Waals surface area contributed by atoms with E-state index in [1.165, 1.54) is 6.08 Å². The number of rotatable bonds is 10. The van der Waals surface area contributed by atoms with E-state index in [9.17, 15) is 9.59 Å². The summed E-state index contributed by atoms with van der Waals surface area (Å²) in [5, 5.41) is 2.73. The van der Waals surface area contributed by atoms with Crippen LogP contribution in [-0.2, 0) is 20.9 Å². The van der Waals surface area contributed by atoms with Gasteiger partial charge in [-0.2, -0.15) is 0 Å². The molecule has 0 saturated heterocycles. The quantitative estimate of drug-likeness (QED) is 0.627. The topological polar surface area (TPSA) is 67.9 Å². The Kier molecular flexibility index (Phi) is 8.92. The molecule has 0 radical (unpaired) electrons. The van der Waals surface area contributed by atoms with Gasteiger partial charge in [0, 0.05) is 26.3 Å². The Balaban J connectivity index is 1.95. The van der Waals surface area contributed by atoms with Crippen LogP contribution in [0.4, 0.5) is 0 Å². The van der Waals surface area contributed by atoms with Gasteiger partial charge in [0.2, 0.25) is 11.8 Å². The fourth-order valence-corrected chi connectivity index (χ4v) is 2.76. The Hall–Kier alpha value is -3.12. The average molecular weight is 396 g/mol. The van der Waals surface area contributed by atoms with Crippen LogP contribution in [-0.4, -0.2) is 50.1 Å². The van der Waals surface area contributed by atoms with Crippen molar-refractivity contribution in [2.24, 2.45) is 0 Å². The summed E-state index contributed by atoms with van der Waals surface area (Å²) in [5.74, 6) is 0.269. The van der Waals surface area contributed by atoms with Crippen LogP contribution in [0, 0.1) is 0 Å². The first kappa shape index (κ1) is 22.2. The molecule has 2 aromatic rings. The number of carbonyl (C=O) groups is 2. The van der Waals surface area contributed by atoms with Gasteiger partial charge >= 0.3 is 0 Å². The Labute approximate surface area is 172 Å². The van der Waals surface area contributed by atoms with Crippen molar-refractivity contribution in [1.82, 2.24) is 10.2 Å². The third-order valence-electron chi connectivity index (χ3n) is 4.37. The van der Waals surface area contributed by atoms with Crippen LogP contribution < -0.4 is 10.1 Å². The van der Waals surface area contributed by atoms with Gasteiger partial charge in [0.25, 0.3) is 0 Å². The fraction of sp³-hybridized carbons (Fsp3) is 0.304. The number of hydrogen-bond acceptors (Lipinski definition) is 4. The van der Waals surface area contributed by atoms with Crippen LogP contribution in [0.25, 0.3) is 6.08 Å². The van der Waals surface area contributed by atoms with E-state index in [-0.39, 0.29) is 11.8 Å². The molecule has 0 bridgehead atoms. The highest BCUT2D eigenvalue weighted by molar-refractivity contribution is 5.95. The molecule has 0 fully saturated rings. The molecule has 2 aromatic carbocycles. The lowest BCUT2D eigenvalue weighted by Crippen LogP contribution is -2.47. The standard InChI is InChI=1S/C23H28N2O4/c1-18(24-22(26)14-11-19-9-12-21(29-3)13-10-19)23(27)25(15-16-28-2)17-20-7-5-4-6-8-20/h4-14,18H,15-17H2,1-3H3,(H,24,26)/b14-11+. The van der Waals surface area contributed by atoms with E-state index in [4.69, 9.17) is 9.47 Å². The van der Waals surface area contributed by atoms with Crippen molar-refractivity contribution in [3.8, 4) is 5.75 Å². The number of ether oxygens (including phenoxy) is 2. The predicted octanol–water partition coefficient (Wildman–Crippen LogP) is 2.89. The van der Waals surface area contributed by atoms with E-state index >= 15 is 0 Å². The Morgan fingerprint density at radius 1 is 1.07 bits per heavy atom. The van der Waals surface area contributed by atoms with Crippen molar-refractivity contribution in [2.45, 2.75) is 19.5 Å². The van der Waals surface area contributed by atoms with Gasteiger partial charge in [-0.3, -0.25) is 9.59 Å². The third kappa shape index (κ3) is 7.43. The van der Waals surface area contributed by atoms with E-state index in [1.807, 2.05) is 54.6 Å². The Morgan fingerprint density at radius 3 is 2.38 bits per heavy atom. The molecule has 0 heterocycles. The molecule has 0 spiro atoms. The highest BCUT2D eigenvalue weighted by atomic mass is 16.5. The van der Waals surface area contributed by atoms with Crippen LogP contribution in [0.15, 0.2) is 60.7 Å². The molecule has 6 heteroatoms. The van der Waals surface area contributed by atoms with Gasteiger partial charge in [0.1, 0.15) is 11.8 Å². The zero-order valence-electron chi connectivity index (χ0n) is 17.1. The van der Waals surface area contributed by atoms with Crippen LogP contribution >= 0.6 is 0 Å². The third-order valence-corrected chi connectivity index (χ3v) is 4.37. The van der Waals surface area contributed by atoms with E-state index < -0.39 is 6.04 Å². The zero-order valence-corrected chi connectivity index (χ0v) is 17.1. The molecule has 0 saturated carbocycles. The molecule has 29 heavy (non-hydrogen) atoms. The van der Waals surface area contributed by atoms with Gasteiger partial charge in [-0.1, -0.05) is 42.5 Å². The molecule has 0 aliphatic heterocycles. The second kappa shape index (κ2) is 11.7. The van der Waals surface area contributed by atoms with E-state index in [2.05, 4.69) is 5.32 Å². The number of methoxy groups -OCH3 is 2. The van der Waals surface area contributed by atoms with Crippen molar-refractivity contribution in [2.75, 3.05) is 27.4 Å². The summed E-state index contributed by atoms with van der Waals surface area (Å²) in [6.45, 7) is 3.03.